The number of thiocarbonyl (C=S) groups is 1. The highest BCUT2D eigenvalue weighted by Gasteiger charge is 2.25. The second-order valence-electron chi connectivity index (χ2n) is 2.15. The van der Waals surface area contributed by atoms with E-state index in [9.17, 15) is 0 Å². The molecular formula is C5H9N3S. The molecule has 0 spiro atoms. The van der Waals surface area contributed by atoms with Crippen LogP contribution in [0.3, 0.4) is 0 Å². The Morgan fingerprint density at radius 2 is 2.00 bits per heavy atom. The van der Waals surface area contributed by atoms with Crippen molar-refractivity contribution in [1.29, 1.82) is 0 Å². The van der Waals surface area contributed by atoms with E-state index in [0.29, 0.717) is 11.8 Å². The van der Waals surface area contributed by atoms with Gasteiger partial charge in [-0.05, 0) is 25.1 Å². The summed E-state index contributed by atoms with van der Waals surface area (Å²) in [6.07, 6.45) is 2.27. The minimum atomic E-state index is 0.138. The van der Waals surface area contributed by atoms with Crippen LogP contribution in [0.15, 0.2) is 4.99 Å². The van der Waals surface area contributed by atoms with Crippen LogP contribution < -0.4 is 11.5 Å². The third-order valence-electron chi connectivity index (χ3n) is 1.23. The summed E-state index contributed by atoms with van der Waals surface area (Å²) in [6.45, 7) is 0. The van der Waals surface area contributed by atoms with Crippen LogP contribution in [0.1, 0.15) is 12.8 Å². The summed E-state index contributed by atoms with van der Waals surface area (Å²) in [4.78, 5) is 3.74. The second kappa shape index (κ2) is 2.31. The van der Waals surface area contributed by atoms with Crippen LogP contribution in [0, 0.1) is 5.92 Å². The number of hydrogen-bond acceptors (Lipinski definition) is 1. The minimum absolute atomic E-state index is 0.138. The number of nitrogens with zero attached hydrogens (tertiary/aromatic N) is 1. The Morgan fingerprint density at radius 1 is 1.44 bits per heavy atom. The molecule has 0 aromatic rings. The van der Waals surface area contributed by atoms with E-state index in [4.69, 9.17) is 11.5 Å². The highest BCUT2D eigenvalue weighted by molar-refractivity contribution is 7.80. The molecule has 1 fully saturated rings. The van der Waals surface area contributed by atoms with E-state index in [1.165, 1.54) is 0 Å². The predicted octanol–water partition coefficient (Wildman–Crippen LogP) is -0.00280. The summed E-state index contributed by atoms with van der Waals surface area (Å²) in [6, 6.07) is 0. The number of hydrogen-bond donors (Lipinski definition) is 2. The third-order valence-corrected chi connectivity index (χ3v) is 1.33. The molecule has 0 radical (unpaired) electrons. The Bertz CT molecular complexity index is 160. The van der Waals surface area contributed by atoms with Gasteiger partial charge in [-0.15, -0.1) is 0 Å². The lowest BCUT2D eigenvalue weighted by atomic mass is 10.4. The molecule has 50 valence electrons. The number of amidine groups is 1. The molecule has 9 heavy (non-hydrogen) atoms. The van der Waals surface area contributed by atoms with Gasteiger partial charge in [-0.2, -0.15) is 0 Å². The fraction of sp³-hybridized carbons (Fsp3) is 0.600. The van der Waals surface area contributed by atoms with Crippen LogP contribution in [0.25, 0.3) is 0 Å². The normalized spacial score (nSPS) is 19.8. The van der Waals surface area contributed by atoms with Gasteiger partial charge < -0.3 is 11.5 Å². The SMILES string of the molecule is NC(=S)N=C(N)C1CC1. The summed E-state index contributed by atoms with van der Waals surface area (Å²) in [5.41, 5.74) is 10.6. The molecule has 0 unspecified atom stereocenters. The fourth-order valence-corrected chi connectivity index (χ4v) is 0.703. The first-order valence-electron chi connectivity index (χ1n) is 2.83. The maximum absolute atomic E-state index is 5.46. The highest BCUT2D eigenvalue weighted by Crippen LogP contribution is 2.28. The minimum Gasteiger partial charge on any atom is -0.387 e. The standard InChI is InChI=1S/C5H9N3S/c6-4(3-1-2-3)8-5(7)9/h3H,1-2H2,(H4,6,7,8,9). The number of rotatable bonds is 1. The largest absolute Gasteiger partial charge is 0.387 e. The van der Waals surface area contributed by atoms with E-state index in [-0.39, 0.29) is 5.11 Å². The Hall–Kier alpha value is -0.640. The van der Waals surface area contributed by atoms with Gasteiger partial charge in [-0.3, -0.25) is 0 Å². The molecule has 0 amide bonds. The van der Waals surface area contributed by atoms with Crippen LogP contribution in [0.2, 0.25) is 0 Å². The van der Waals surface area contributed by atoms with Gasteiger partial charge in [0.15, 0.2) is 5.11 Å². The zero-order valence-corrected chi connectivity index (χ0v) is 5.82. The Kier molecular flexibility index (Phi) is 1.66. The zero-order chi connectivity index (χ0) is 6.85. The van der Waals surface area contributed by atoms with Gasteiger partial charge in [0.25, 0.3) is 0 Å². The molecule has 1 aliphatic carbocycles. The average Bonchev–Trinajstić information content (AvgIpc) is 2.40. The third kappa shape index (κ3) is 1.97. The Balaban J connectivity index is 2.47. The summed E-state index contributed by atoms with van der Waals surface area (Å²) in [7, 11) is 0. The van der Waals surface area contributed by atoms with Crippen molar-refractivity contribution >= 4 is 23.2 Å². The van der Waals surface area contributed by atoms with Crippen molar-refractivity contribution in [2.24, 2.45) is 22.4 Å². The molecule has 1 aliphatic rings. The first-order chi connectivity index (χ1) is 4.20. The van der Waals surface area contributed by atoms with Crippen LogP contribution in [-0.4, -0.2) is 10.9 Å². The molecule has 4 heteroatoms. The molecular weight excluding hydrogens is 134 g/mol. The van der Waals surface area contributed by atoms with Crippen molar-refractivity contribution in [3.8, 4) is 0 Å². The van der Waals surface area contributed by atoms with Crippen LogP contribution in [0.5, 0.6) is 0 Å². The van der Waals surface area contributed by atoms with Crippen LogP contribution >= 0.6 is 12.2 Å². The van der Waals surface area contributed by atoms with Gasteiger partial charge in [0, 0.05) is 5.92 Å². The van der Waals surface area contributed by atoms with Crippen molar-refractivity contribution < 1.29 is 0 Å². The molecule has 0 aliphatic heterocycles. The Morgan fingerprint density at radius 3 is 2.33 bits per heavy atom. The molecule has 3 nitrogen and oxygen atoms in total. The van der Waals surface area contributed by atoms with Gasteiger partial charge in [0.05, 0.1) is 0 Å². The topological polar surface area (TPSA) is 64.4 Å². The molecule has 0 atom stereocenters. The number of aliphatic imine (C=N–C) groups is 1. The number of nitrogens with two attached hydrogens (primary N) is 2. The maximum Gasteiger partial charge on any atom is 0.191 e. The summed E-state index contributed by atoms with van der Waals surface area (Å²) < 4.78 is 0. The van der Waals surface area contributed by atoms with Gasteiger partial charge in [0.1, 0.15) is 5.84 Å². The molecule has 1 saturated carbocycles. The fourth-order valence-electron chi connectivity index (χ4n) is 0.598. The van der Waals surface area contributed by atoms with Gasteiger partial charge in [-0.1, -0.05) is 0 Å². The van der Waals surface area contributed by atoms with Crippen LogP contribution in [0.4, 0.5) is 0 Å². The van der Waals surface area contributed by atoms with Crippen LogP contribution in [-0.2, 0) is 0 Å². The van der Waals surface area contributed by atoms with E-state index in [1.807, 2.05) is 0 Å². The summed E-state index contributed by atoms with van der Waals surface area (Å²) in [5.74, 6) is 1.06. The molecule has 0 heterocycles. The predicted molar refractivity (Wildman–Crippen MR) is 41.1 cm³/mol. The zero-order valence-electron chi connectivity index (χ0n) is 5.00. The lowest BCUT2D eigenvalue weighted by molar-refractivity contribution is 1.16. The van der Waals surface area contributed by atoms with Crippen molar-refractivity contribution in [3.63, 3.8) is 0 Å². The lowest BCUT2D eigenvalue weighted by Crippen LogP contribution is -2.18. The first-order valence-corrected chi connectivity index (χ1v) is 3.24. The highest BCUT2D eigenvalue weighted by atomic mass is 32.1. The van der Waals surface area contributed by atoms with Crippen molar-refractivity contribution in [3.05, 3.63) is 0 Å². The monoisotopic (exact) mass is 143 g/mol. The molecule has 0 bridgehead atoms. The van der Waals surface area contributed by atoms with Gasteiger partial charge in [0.2, 0.25) is 0 Å². The average molecular weight is 143 g/mol. The van der Waals surface area contributed by atoms with Crippen molar-refractivity contribution in [1.82, 2.24) is 0 Å². The van der Waals surface area contributed by atoms with Gasteiger partial charge >= 0.3 is 0 Å². The van der Waals surface area contributed by atoms with E-state index in [1.54, 1.807) is 0 Å². The molecule has 0 saturated heterocycles. The summed E-state index contributed by atoms with van der Waals surface area (Å²) in [5, 5.41) is 0.138. The van der Waals surface area contributed by atoms with Crippen molar-refractivity contribution in [2.75, 3.05) is 0 Å². The quantitative estimate of drug-likeness (QED) is 0.308. The lowest BCUT2D eigenvalue weighted by Gasteiger charge is -1.92. The van der Waals surface area contributed by atoms with E-state index < -0.39 is 0 Å². The second-order valence-corrected chi connectivity index (χ2v) is 2.57. The van der Waals surface area contributed by atoms with Gasteiger partial charge in [-0.25, -0.2) is 4.99 Å². The van der Waals surface area contributed by atoms with E-state index in [0.717, 1.165) is 12.8 Å². The molecule has 0 aromatic heterocycles. The smallest absolute Gasteiger partial charge is 0.191 e. The summed E-state index contributed by atoms with van der Waals surface area (Å²) >= 11 is 4.53. The first kappa shape index (κ1) is 6.48. The molecule has 1 rings (SSSR count). The van der Waals surface area contributed by atoms with E-state index >= 15 is 0 Å². The Labute approximate surface area is 59.1 Å². The maximum atomic E-state index is 5.46. The van der Waals surface area contributed by atoms with E-state index in [2.05, 4.69) is 17.2 Å². The molecule has 4 N–H and O–H groups in total. The molecule has 0 aromatic carbocycles. The van der Waals surface area contributed by atoms with Crippen molar-refractivity contribution in [2.45, 2.75) is 12.8 Å².